The summed E-state index contributed by atoms with van der Waals surface area (Å²) in [5.41, 5.74) is 3.18. The first-order chi connectivity index (χ1) is 15.1. The Morgan fingerprint density at radius 3 is 2.13 bits per heavy atom. The fourth-order valence-corrected chi connectivity index (χ4v) is 6.70. The molecule has 7 rings (SSSR count). The fraction of sp³-hybridized carbons (Fsp3) is 0.440. The van der Waals surface area contributed by atoms with Gasteiger partial charge in [-0.15, -0.1) is 15.0 Å². The van der Waals surface area contributed by atoms with Crippen molar-refractivity contribution in [2.45, 2.75) is 43.9 Å². The number of hydrogen-bond acceptors (Lipinski definition) is 5. The number of aromatic nitrogens is 4. The third-order valence-electron chi connectivity index (χ3n) is 7.72. The molecule has 1 heterocycles. The molecule has 3 aromatic rings. The van der Waals surface area contributed by atoms with E-state index < -0.39 is 0 Å². The van der Waals surface area contributed by atoms with Crippen molar-refractivity contribution in [1.82, 2.24) is 20.2 Å². The standard InChI is InChI=1S/C25H26N4O2/c1-31-22-8-2-19(3-9-22)23(30)24-26-28-29(27-24)21-6-4-20(5-7-21)25-13-16-10-17(14-25)12-18(11-16)15-25/h2-9,16-18H,10-15H2,1H3. The van der Waals surface area contributed by atoms with Crippen LogP contribution < -0.4 is 4.74 Å². The highest BCUT2D eigenvalue weighted by atomic mass is 16.5. The van der Waals surface area contributed by atoms with E-state index in [0.29, 0.717) is 16.7 Å². The molecule has 2 aromatic carbocycles. The van der Waals surface area contributed by atoms with Crippen LogP contribution in [0.2, 0.25) is 0 Å². The Morgan fingerprint density at radius 1 is 0.935 bits per heavy atom. The summed E-state index contributed by atoms with van der Waals surface area (Å²) in [5, 5.41) is 12.4. The van der Waals surface area contributed by atoms with Gasteiger partial charge in [0.05, 0.1) is 12.8 Å². The van der Waals surface area contributed by atoms with Crippen molar-refractivity contribution >= 4 is 5.78 Å². The zero-order valence-corrected chi connectivity index (χ0v) is 17.7. The molecule has 1 aromatic heterocycles. The van der Waals surface area contributed by atoms with Gasteiger partial charge in [-0.3, -0.25) is 4.79 Å². The van der Waals surface area contributed by atoms with Gasteiger partial charge in [0.1, 0.15) is 5.75 Å². The average Bonchev–Trinajstić information content (AvgIpc) is 3.28. The van der Waals surface area contributed by atoms with Crippen LogP contribution in [0, 0.1) is 17.8 Å². The zero-order valence-electron chi connectivity index (χ0n) is 17.7. The summed E-state index contributed by atoms with van der Waals surface area (Å²) in [4.78, 5) is 14.1. The Labute approximate surface area is 181 Å². The van der Waals surface area contributed by atoms with E-state index in [2.05, 4.69) is 39.7 Å². The second kappa shape index (κ2) is 7.01. The first-order valence-corrected chi connectivity index (χ1v) is 11.2. The van der Waals surface area contributed by atoms with Crippen molar-refractivity contribution in [3.05, 3.63) is 65.5 Å². The summed E-state index contributed by atoms with van der Waals surface area (Å²) in [6.45, 7) is 0. The summed E-state index contributed by atoms with van der Waals surface area (Å²) in [6.07, 6.45) is 8.39. The second-order valence-electron chi connectivity index (χ2n) is 9.70. The number of nitrogens with zero attached hydrogens (tertiary/aromatic N) is 4. The lowest BCUT2D eigenvalue weighted by Gasteiger charge is -2.57. The number of ether oxygens (including phenoxy) is 1. The van der Waals surface area contributed by atoms with Crippen molar-refractivity contribution in [3.63, 3.8) is 0 Å². The molecular formula is C25H26N4O2. The normalized spacial score (nSPS) is 28.6. The minimum Gasteiger partial charge on any atom is -0.497 e. The summed E-state index contributed by atoms with van der Waals surface area (Å²) in [6, 6.07) is 15.5. The van der Waals surface area contributed by atoms with E-state index in [4.69, 9.17) is 4.74 Å². The lowest BCUT2D eigenvalue weighted by atomic mass is 9.48. The van der Waals surface area contributed by atoms with Gasteiger partial charge in [-0.1, -0.05) is 12.1 Å². The van der Waals surface area contributed by atoms with Crippen molar-refractivity contribution in [3.8, 4) is 11.4 Å². The lowest BCUT2D eigenvalue weighted by molar-refractivity contribution is -0.00518. The Bertz CT molecular complexity index is 1080. The molecule has 6 nitrogen and oxygen atoms in total. The Balaban J connectivity index is 1.23. The molecule has 4 saturated carbocycles. The molecule has 4 aliphatic rings. The summed E-state index contributed by atoms with van der Waals surface area (Å²) < 4.78 is 5.14. The summed E-state index contributed by atoms with van der Waals surface area (Å²) in [5.74, 6) is 3.32. The lowest BCUT2D eigenvalue weighted by Crippen LogP contribution is -2.48. The van der Waals surface area contributed by atoms with Crippen LogP contribution in [0.5, 0.6) is 5.75 Å². The topological polar surface area (TPSA) is 69.9 Å². The quantitative estimate of drug-likeness (QED) is 0.580. The van der Waals surface area contributed by atoms with Gasteiger partial charge in [0.15, 0.2) is 0 Å². The number of carbonyl (C=O) groups is 1. The maximum atomic E-state index is 12.7. The van der Waals surface area contributed by atoms with Gasteiger partial charge in [-0.2, -0.15) is 0 Å². The van der Waals surface area contributed by atoms with Crippen LogP contribution in [0.15, 0.2) is 48.5 Å². The van der Waals surface area contributed by atoms with Crippen LogP contribution in [-0.4, -0.2) is 33.1 Å². The molecule has 0 amide bonds. The number of hydrogen-bond donors (Lipinski definition) is 0. The van der Waals surface area contributed by atoms with Crippen LogP contribution in [0.25, 0.3) is 5.69 Å². The number of carbonyl (C=O) groups excluding carboxylic acids is 1. The maximum Gasteiger partial charge on any atom is 0.245 e. The minimum absolute atomic E-state index is 0.0929. The Morgan fingerprint density at radius 2 is 1.55 bits per heavy atom. The molecule has 0 saturated heterocycles. The predicted octanol–water partition coefficient (Wildman–Crippen LogP) is 4.37. The third-order valence-corrected chi connectivity index (χ3v) is 7.72. The highest BCUT2D eigenvalue weighted by Gasteiger charge is 2.51. The molecule has 31 heavy (non-hydrogen) atoms. The van der Waals surface area contributed by atoms with E-state index in [1.165, 1.54) is 48.9 Å². The predicted molar refractivity (Wildman–Crippen MR) is 115 cm³/mol. The van der Waals surface area contributed by atoms with E-state index in [0.717, 1.165) is 23.4 Å². The van der Waals surface area contributed by atoms with Gasteiger partial charge in [0.2, 0.25) is 11.6 Å². The molecule has 4 aliphatic carbocycles. The number of tetrazole rings is 1. The molecule has 0 unspecified atom stereocenters. The van der Waals surface area contributed by atoms with Crippen LogP contribution in [0.4, 0.5) is 0 Å². The van der Waals surface area contributed by atoms with Crippen molar-refractivity contribution in [2.75, 3.05) is 7.11 Å². The minimum atomic E-state index is -0.251. The third kappa shape index (κ3) is 3.16. The first kappa shape index (κ1) is 18.7. The molecule has 158 valence electrons. The molecule has 6 heteroatoms. The molecule has 0 spiro atoms. The molecule has 0 N–H and O–H groups in total. The molecular weight excluding hydrogens is 388 g/mol. The van der Waals surface area contributed by atoms with E-state index >= 15 is 0 Å². The Hall–Kier alpha value is -3.02. The van der Waals surface area contributed by atoms with Crippen LogP contribution >= 0.6 is 0 Å². The monoisotopic (exact) mass is 414 g/mol. The molecule has 0 aliphatic heterocycles. The molecule has 4 bridgehead atoms. The SMILES string of the molecule is COc1ccc(C(=O)c2nnn(-c3ccc(C45CC6CC(CC(C6)C4)C5)cc3)n2)cc1. The largest absolute Gasteiger partial charge is 0.497 e. The van der Waals surface area contributed by atoms with Crippen LogP contribution in [0.3, 0.4) is 0 Å². The van der Waals surface area contributed by atoms with Gasteiger partial charge in [0, 0.05) is 5.56 Å². The van der Waals surface area contributed by atoms with E-state index in [1.54, 1.807) is 31.4 Å². The smallest absolute Gasteiger partial charge is 0.245 e. The van der Waals surface area contributed by atoms with Crippen LogP contribution in [-0.2, 0) is 5.41 Å². The number of methoxy groups -OCH3 is 1. The number of ketones is 1. The van der Waals surface area contributed by atoms with Crippen LogP contribution in [0.1, 0.15) is 60.3 Å². The van der Waals surface area contributed by atoms with E-state index in [1.807, 2.05) is 0 Å². The average molecular weight is 415 g/mol. The number of benzene rings is 2. The van der Waals surface area contributed by atoms with E-state index in [9.17, 15) is 4.79 Å². The maximum absolute atomic E-state index is 12.7. The highest BCUT2D eigenvalue weighted by molar-refractivity contribution is 6.06. The highest BCUT2D eigenvalue weighted by Crippen LogP contribution is 2.60. The van der Waals surface area contributed by atoms with Crippen molar-refractivity contribution in [2.24, 2.45) is 17.8 Å². The van der Waals surface area contributed by atoms with Crippen molar-refractivity contribution < 1.29 is 9.53 Å². The van der Waals surface area contributed by atoms with Gasteiger partial charge >= 0.3 is 0 Å². The summed E-state index contributed by atoms with van der Waals surface area (Å²) >= 11 is 0. The zero-order chi connectivity index (χ0) is 21.0. The van der Waals surface area contributed by atoms with Gasteiger partial charge < -0.3 is 4.74 Å². The van der Waals surface area contributed by atoms with Gasteiger partial charge in [-0.25, -0.2) is 0 Å². The molecule has 4 fully saturated rings. The van der Waals surface area contributed by atoms with E-state index in [-0.39, 0.29) is 11.6 Å². The summed E-state index contributed by atoms with van der Waals surface area (Å²) in [7, 11) is 1.60. The molecule has 0 atom stereocenters. The fourth-order valence-electron chi connectivity index (χ4n) is 6.70. The first-order valence-electron chi connectivity index (χ1n) is 11.2. The Kier molecular flexibility index (Phi) is 4.23. The van der Waals surface area contributed by atoms with Crippen molar-refractivity contribution in [1.29, 1.82) is 0 Å². The number of rotatable bonds is 5. The van der Waals surface area contributed by atoms with Gasteiger partial charge in [-0.05, 0) is 109 Å². The second-order valence-corrected chi connectivity index (χ2v) is 9.70. The molecule has 0 radical (unpaired) electrons. The van der Waals surface area contributed by atoms with Gasteiger partial charge in [0.25, 0.3) is 0 Å².